The third kappa shape index (κ3) is 4.98. The standard InChI is InChI=1S/C13H28N2/c1-3-9-13(12-14-4-2)15-10-7-5-6-8-11-15/h13-14H,3-12H2,1-2H3. The molecule has 0 radical (unpaired) electrons. The zero-order valence-corrected chi connectivity index (χ0v) is 10.6. The van der Waals surface area contributed by atoms with E-state index in [1.165, 1.54) is 58.2 Å². The van der Waals surface area contributed by atoms with Gasteiger partial charge < -0.3 is 5.32 Å². The molecular formula is C13H28N2. The Hall–Kier alpha value is -0.0800. The predicted molar refractivity (Wildman–Crippen MR) is 67.3 cm³/mol. The van der Waals surface area contributed by atoms with E-state index >= 15 is 0 Å². The molecule has 0 aliphatic carbocycles. The smallest absolute Gasteiger partial charge is 0.0220 e. The molecule has 2 heteroatoms. The minimum absolute atomic E-state index is 0.785. The molecule has 0 aromatic carbocycles. The number of likely N-dealkylation sites (N-methyl/N-ethyl adjacent to an activating group) is 1. The number of nitrogens with zero attached hydrogens (tertiary/aromatic N) is 1. The third-order valence-corrected chi connectivity index (χ3v) is 3.41. The lowest BCUT2D eigenvalue weighted by Gasteiger charge is -2.30. The van der Waals surface area contributed by atoms with E-state index in [9.17, 15) is 0 Å². The zero-order chi connectivity index (χ0) is 10.9. The molecule has 1 N–H and O–H groups in total. The first kappa shape index (κ1) is 13.0. The molecule has 15 heavy (non-hydrogen) atoms. The second-order valence-electron chi connectivity index (χ2n) is 4.70. The molecule has 1 rings (SSSR count). The average Bonchev–Trinajstić information content (AvgIpc) is 2.52. The molecule has 1 aliphatic heterocycles. The van der Waals surface area contributed by atoms with Crippen molar-refractivity contribution in [3.05, 3.63) is 0 Å². The zero-order valence-electron chi connectivity index (χ0n) is 10.6. The Balaban J connectivity index is 2.36. The van der Waals surface area contributed by atoms with Gasteiger partial charge >= 0.3 is 0 Å². The Morgan fingerprint density at radius 1 is 1.07 bits per heavy atom. The van der Waals surface area contributed by atoms with Crippen LogP contribution in [0.2, 0.25) is 0 Å². The monoisotopic (exact) mass is 212 g/mol. The van der Waals surface area contributed by atoms with Crippen molar-refractivity contribution < 1.29 is 0 Å². The molecule has 1 atom stereocenters. The van der Waals surface area contributed by atoms with Gasteiger partial charge in [0.1, 0.15) is 0 Å². The molecule has 1 fully saturated rings. The van der Waals surface area contributed by atoms with Crippen LogP contribution in [0.3, 0.4) is 0 Å². The van der Waals surface area contributed by atoms with Crippen LogP contribution in [-0.2, 0) is 0 Å². The highest BCUT2D eigenvalue weighted by molar-refractivity contribution is 4.75. The fraction of sp³-hybridized carbons (Fsp3) is 1.00. The predicted octanol–water partition coefficient (Wildman–Crippen LogP) is 2.64. The quantitative estimate of drug-likeness (QED) is 0.728. The summed E-state index contributed by atoms with van der Waals surface area (Å²) in [5, 5.41) is 3.51. The fourth-order valence-corrected chi connectivity index (χ4v) is 2.52. The largest absolute Gasteiger partial charge is 0.315 e. The van der Waals surface area contributed by atoms with Gasteiger partial charge in [0.2, 0.25) is 0 Å². The second-order valence-corrected chi connectivity index (χ2v) is 4.70. The molecule has 1 saturated heterocycles. The highest BCUT2D eigenvalue weighted by atomic mass is 15.2. The first-order valence-corrected chi connectivity index (χ1v) is 6.83. The van der Waals surface area contributed by atoms with Crippen LogP contribution in [0.25, 0.3) is 0 Å². The van der Waals surface area contributed by atoms with Crippen LogP contribution in [0.5, 0.6) is 0 Å². The van der Waals surface area contributed by atoms with Crippen molar-refractivity contribution in [1.29, 1.82) is 0 Å². The van der Waals surface area contributed by atoms with E-state index in [2.05, 4.69) is 24.1 Å². The summed E-state index contributed by atoms with van der Waals surface area (Å²) in [6.45, 7) is 9.45. The summed E-state index contributed by atoms with van der Waals surface area (Å²) in [6.07, 6.45) is 8.37. The number of likely N-dealkylation sites (tertiary alicyclic amines) is 1. The summed E-state index contributed by atoms with van der Waals surface area (Å²) < 4.78 is 0. The minimum Gasteiger partial charge on any atom is -0.315 e. The molecule has 2 nitrogen and oxygen atoms in total. The van der Waals surface area contributed by atoms with Crippen molar-refractivity contribution in [2.75, 3.05) is 26.2 Å². The van der Waals surface area contributed by atoms with Gasteiger partial charge in [0, 0.05) is 12.6 Å². The molecule has 1 heterocycles. The number of hydrogen-bond donors (Lipinski definition) is 1. The molecule has 0 bridgehead atoms. The molecule has 0 saturated carbocycles. The topological polar surface area (TPSA) is 15.3 Å². The van der Waals surface area contributed by atoms with Gasteiger partial charge in [0.25, 0.3) is 0 Å². The Labute approximate surface area is 95.4 Å². The van der Waals surface area contributed by atoms with E-state index in [0.717, 1.165) is 12.6 Å². The fourth-order valence-electron chi connectivity index (χ4n) is 2.52. The molecule has 90 valence electrons. The van der Waals surface area contributed by atoms with Gasteiger partial charge in [-0.2, -0.15) is 0 Å². The van der Waals surface area contributed by atoms with E-state index in [1.54, 1.807) is 0 Å². The van der Waals surface area contributed by atoms with Gasteiger partial charge in [0.05, 0.1) is 0 Å². The molecule has 0 amide bonds. The normalized spacial score (nSPS) is 21.2. The van der Waals surface area contributed by atoms with Crippen LogP contribution in [0.1, 0.15) is 52.4 Å². The van der Waals surface area contributed by atoms with Crippen LogP contribution in [0.15, 0.2) is 0 Å². The maximum atomic E-state index is 3.51. The number of nitrogens with one attached hydrogen (secondary N) is 1. The van der Waals surface area contributed by atoms with E-state index < -0.39 is 0 Å². The van der Waals surface area contributed by atoms with E-state index in [-0.39, 0.29) is 0 Å². The van der Waals surface area contributed by atoms with E-state index in [1.807, 2.05) is 0 Å². The van der Waals surface area contributed by atoms with Crippen molar-refractivity contribution in [2.45, 2.75) is 58.4 Å². The van der Waals surface area contributed by atoms with E-state index in [0.29, 0.717) is 0 Å². The van der Waals surface area contributed by atoms with Gasteiger partial charge in [-0.15, -0.1) is 0 Å². The lowest BCUT2D eigenvalue weighted by molar-refractivity contribution is 0.188. The molecule has 1 unspecified atom stereocenters. The Morgan fingerprint density at radius 3 is 2.27 bits per heavy atom. The van der Waals surface area contributed by atoms with Gasteiger partial charge in [0.15, 0.2) is 0 Å². The van der Waals surface area contributed by atoms with Gasteiger partial charge in [-0.05, 0) is 38.9 Å². The number of rotatable bonds is 6. The van der Waals surface area contributed by atoms with Crippen molar-refractivity contribution in [2.24, 2.45) is 0 Å². The molecule has 0 spiro atoms. The van der Waals surface area contributed by atoms with Crippen LogP contribution in [-0.4, -0.2) is 37.1 Å². The van der Waals surface area contributed by atoms with Crippen molar-refractivity contribution in [3.63, 3.8) is 0 Å². The lowest BCUT2D eigenvalue weighted by atomic mass is 10.1. The van der Waals surface area contributed by atoms with Crippen LogP contribution in [0, 0.1) is 0 Å². The summed E-state index contributed by atoms with van der Waals surface area (Å²) in [7, 11) is 0. The Bertz CT molecular complexity index is 139. The van der Waals surface area contributed by atoms with Crippen LogP contribution < -0.4 is 5.32 Å². The Kier molecular flexibility index (Phi) is 7.03. The van der Waals surface area contributed by atoms with E-state index in [4.69, 9.17) is 0 Å². The molecular weight excluding hydrogens is 184 g/mol. The molecule has 1 aliphatic rings. The molecule has 0 aromatic heterocycles. The minimum atomic E-state index is 0.785. The summed E-state index contributed by atoms with van der Waals surface area (Å²) in [5.41, 5.74) is 0. The number of hydrogen-bond acceptors (Lipinski definition) is 2. The van der Waals surface area contributed by atoms with Gasteiger partial charge in [-0.25, -0.2) is 0 Å². The van der Waals surface area contributed by atoms with Crippen molar-refractivity contribution in [3.8, 4) is 0 Å². The van der Waals surface area contributed by atoms with Crippen LogP contribution >= 0.6 is 0 Å². The third-order valence-electron chi connectivity index (χ3n) is 3.41. The maximum absolute atomic E-state index is 3.51. The summed E-state index contributed by atoms with van der Waals surface area (Å²) >= 11 is 0. The highest BCUT2D eigenvalue weighted by Crippen LogP contribution is 2.15. The van der Waals surface area contributed by atoms with Crippen molar-refractivity contribution >= 4 is 0 Å². The van der Waals surface area contributed by atoms with Gasteiger partial charge in [-0.1, -0.05) is 33.1 Å². The Morgan fingerprint density at radius 2 is 1.73 bits per heavy atom. The summed E-state index contributed by atoms with van der Waals surface area (Å²) in [5.74, 6) is 0. The van der Waals surface area contributed by atoms with Gasteiger partial charge in [-0.3, -0.25) is 4.90 Å². The highest BCUT2D eigenvalue weighted by Gasteiger charge is 2.18. The summed E-state index contributed by atoms with van der Waals surface area (Å²) in [6, 6.07) is 0.785. The van der Waals surface area contributed by atoms with Crippen LogP contribution in [0.4, 0.5) is 0 Å². The maximum Gasteiger partial charge on any atom is 0.0220 e. The summed E-state index contributed by atoms with van der Waals surface area (Å²) in [4.78, 5) is 2.72. The first-order valence-electron chi connectivity index (χ1n) is 6.83. The molecule has 0 aromatic rings. The SMILES string of the molecule is CCCC(CNCC)N1CCCCCC1. The van der Waals surface area contributed by atoms with Crippen molar-refractivity contribution in [1.82, 2.24) is 10.2 Å². The first-order chi connectivity index (χ1) is 7.38. The second kappa shape index (κ2) is 8.12. The lowest BCUT2D eigenvalue weighted by Crippen LogP contribution is -2.42. The average molecular weight is 212 g/mol.